The van der Waals surface area contributed by atoms with Gasteiger partial charge in [0.25, 0.3) is 0 Å². The van der Waals surface area contributed by atoms with Crippen molar-refractivity contribution in [2.75, 3.05) is 13.1 Å². The molecule has 0 aliphatic carbocycles. The van der Waals surface area contributed by atoms with Gasteiger partial charge in [-0.2, -0.15) is 4.98 Å². The second-order valence-corrected chi connectivity index (χ2v) is 7.36. The normalized spacial score (nSPS) is 24.6. The molecule has 2 rings (SSSR count). The van der Waals surface area contributed by atoms with Crippen LogP contribution in [-0.2, 0) is 12.0 Å². The maximum absolute atomic E-state index is 6.15. The molecule has 5 nitrogen and oxygen atoms in total. The Bertz CT molecular complexity index is 433. The maximum Gasteiger partial charge on any atom is 0.232 e. The molecule has 0 aromatic carbocycles. The van der Waals surface area contributed by atoms with Crippen LogP contribution in [0.5, 0.6) is 0 Å². The van der Waals surface area contributed by atoms with E-state index in [1.54, 1.807) is 0 Å². The van der Waals surface area contributed by atoms with Crippen molar-refractivity contribution < 1.29 is 4.52 Å². The molecule has 1 aliphatic heterocycles. The number of rotatable bonds is 2. The third kappa shape index (κ3) is 3.34. The Kier molecular flexibility index (Phi) is 3.71. The Hall–Kier alpha value is -0.940. The first kappa shape index (κ1) is 14.5. The van der Waals surface area contributed by atoms with Gasteiger partial charge >= 0.3 is 0 Å². The highest BCUT2D eigenvalue weighted by atomic mass is 16.5. The first-order chi connectivity index (χ1) is 8.68. The molecular formula is C14H26N4O. The van der Waals surface area contributed by atoms with Gasteiger partial charge in [-0.3, -0.25) is 4.90 Å². The summed E-state index contributed by atoms with van der Waals surface area (Å²) in [5.41, 5.74) is 6.21. The van der Waals surface area contributed by atoms with Crippen LogP contribution in [0.1, 0.15) is 52.8 Å². The summed E-state index contributed by atoms with van der Waals surface area (Å²) in [5, 5.41) is 4.08. The summed E-state index contributed by atoms with van der Waals surface area (Å²) in [4.78, 5) is 6.85. The lowest BCUT2D eigenvalue weighted by Crippen LogP contribution is -2.52. The molecule has 1 aliphatic rings. The molecule has 1 fully saturated rings. The van der Waals surface area contributed by atoms with Gasteiger partial charge < -0.3 is 10.3 Å². The van der Waals surface area contributed by atoms with Gasteiger partial charge in [-0.1, -0.05) is 39.8 Å². The Balaban J connectivity index is 2.00. The van der Waals surface area contributed by atoms with Crippen LogP contribution in [0.25, 0.3) is 0 Å². The van der Waals surface area contributed by atoms with Crippen LogP contribution in [0.3, 0.4) is 0 Å². The number of nitrogens with two attached hydrogens (primary N) is 1. The summed E-state index contributed by atoms with van der Waals surface area (Å²) in [6.45, 7) is 13.4. The fourth-order valence-corrected chi connectivity index (χ4v) is 2.44. The fourth-order valence-electron chi connectivity index (χ4n) is 2.44. The number of likely N-dealkylation sites (tertiary alicyclic amines) is 1. The van der Waals surface area contributed by atoms with Crippen LogP contribution in [0.4, 0.5) is 0 Å². The maximum atomic E-state index is 6.15. The van der Waals surface area contributed by atoms with E-state index in [4.69, 9.17) is 10.3 Å². The van der Waals surface area contributed by atoms with E-state index in [-0.39, 0.29) is 16.9 Å². The first-order valence-corrected chi connectivity index (χ1v) is 6.99. The minimum absolute atomic E-state index is 0.0885. The summed E-state index contributed by atoms with van der Waals surface area (Å²) < 4.78 is 5.33. The Morgan fingerprint density at radius 1 is 1.42 bits per heavy atom. The van der Waals surface area contributed by atoms with E-state index in [0.717, 1.165) is 31.9 Å². The number of hydrogen-bond donors (Lipinski definition) is 1. The highest BCUT2D eigenvalue weighted by Crippen LogP contribution is 2.28. The third-order valence-electron chi connectivity index (χ3n) is 3.87. The summed E-state index contributed by atoms with van der Waals surface area (Å²) >= 11 is 0. The van der Waals surface area contributed by atoms with Gasteiger partial charge in [0.15, 0.2) is 5.82 Å². The highest BCUT2D eigenvalue weighted by Gasteiger charge is 2.34. The van der Waals surface area contributed by atoms with Crippen molar-refractivity contribution in [3.63, 3.8) is 0 Å². The molecule has 19 heavy (non-hydrogen) atoms. The lowest BCUT2D eigenvalue weighted by molar-refractivity contribution is 0.0872. The van der Waals surface area contributed by atoms with E-state index < -0.39 is 0 Å². The van der Waals surface area contributed by atoms with Crippen LogP contribution >= 0.6 is 0 Å². The van der Waals surface area contributed by atoms with Crippen molar-refractivity contribution in [2.45, 2.75) is 59.0 Å². The molecule has 5 heteroatoms. The lowest BCUT2D eigenvalue weighted by Gasteiger charge is -2.42. The zero-order valence-corrected chi connectivity index (χ0v) is 12.7. The predicted molar refractivity (Wildman–Crippen MR) is 74.6 cm³/mol. The number of piperidine rings is 1. The molecule has 1 unspecified atom stereocenters. The fraction of sp³-hybridized carbons (Fsp3) is 0.857. The molecular weight excluding hydrogens is 240 g/mol. The number of aromatic nitrogens is 2. The van der Waals surface area contributed by atoms with Gasteiger partial charge in [0, 0.05) is 24.5 Å². The van der Waals surface area contributed by atoms with Gasteiger partial charge in [0.05, 0.1) is 6.54 Å². The van der Waals surface area contributed by atoms with Crippen LogP contribution in [0, 0.1) is 5.41 Å². The average molecular weight is 266 g/mol. The Morgan fingerprint density at radius 2 is 2.11 bits per heavy atom. The van der Waals surface area contributed by atoms with Crippen molar-refractivity contribution in [1.82, 2.24) is 15.0 Å². The second kappa shape index (κ2) is 4.87. The van der Waals surface area contributed by atoms with Crippen molar-refractivity contribution in [3.8, 4) is 0 Å². The van der Waals surface area contributed by atoms with E-state index in [1.807, 2.05) is 0 Å². The first-order valence-electron chi connectivity index (χ1n) is 6.99. The van der Waals surface area contributed by atoms with E-state index in [2.05, 4.69) is 49.7 Å². The summed E-state index contributed by atoms with van der Waals surface area (Å²) in [5.74, 6) is 1.48. The number of nitrogens with zero attached hydrogens (tertiary/aromatic N) is 3. The average Bonchev–Trinajstić information content (AvgIpc) is 2.71. The zero-order valence-electron chi connectivity index (χ0n) is 12.7. The van der Waals surface area contributed by atoms with E-state index in [1.165, 1.54) is 0 Å². The summed E-state index contributed by atoms with van der Waals surface area (Å²) in [6, 6.07) is 0.277. The molecule has 0 radical (unpaired) electrons. The minimum atomic E-state index is -0.0885. The van der Waals surface area contributed by atoms with E-state index >= 15 is 0 Å². The largest absolute Gasteiger partial charge is 0.339 e. The van der Waals surface area contributed by atoms with E-state index in [9.17, 15) is 0 Å². The molecule has 0 saturated carbocycles. The van der Waals surface area contributed by atoms with Gasteiger partial charge in [-0.25, -0.2) is 0 Å². The SMILES string of the molecule is CC(C)(C)c1nc(CN2CCC(N)C(C)(C)C2)no1. The molecule has 1 aromatic heterocycles. The second-order valence-electron chi connectivity index (χ2n) is 7.36. The molecule has 0 bridgehead atoms. The van der Waals surface area contributed by atoms with Crippen LogP contribution < -0.4 is 5.73 Å². The molecule has 2 heterocycles. The van der Waals surface area contributed by atoms with Crippen molar-refractivity contribution in [3.05, 3.63) is 11.7 Å². The molecule has 0 amide bonds. The lowest BCUT2D eigenvalue weighted by atomic mass is 9.80. The molecule has 1 aromatic rings. The van der Waals surface area contributed by atoms with Gasteiger partial charge in [0.2, 0.25) is 5.89 Å². The van der Waals surface area contributed by atoms with Crippen molar-refractivity contribution in [1.29, 1.82) is 0 Å². The minimum Gasteiger partial charge on any atom is -0.339 e. The highest BCUT2D eigenvalue weighted by molar-refractivity contribution is 4.99. The standard InChI is InChI=1S/C14H26N4O/c1-13(2,3)12-16-11(17-19-12)8-18-7-6-10(15)14(4,5)9-18/h10H,6-9,15H2,1-5H3. The molecule has 108 valence electrons. The van der Waals surface area contributed by atoms with Crippen LogP contribution in [0.2, 0.25) is 0 Å². The molecule has 0 spiro atoms. The van der Waals surface area contributed by atoms with Gasteiger partial charge in [-0.15, -0.1) is 0 Å². The van der Waals surface area contributed by atoms with Crippen molar-refractivity contribution in [2.24, 2.45) is 11.1 Å². The Morgan fingerprint density at radius 3 is 2.63 bits per heavy atom. The van der Waals surface area contributed by atoms with Crippen LogP contribution in [0.15, 0.2) is 4.52 Å². The number of hydrogen-bond acceptors (Lipinski definition) is 5. The zero-order chi connectivity index (χ0) is 14.3. The molecule has 1 atom stereocenters. The molecule has 1 saturated heterocycles. The summed E-state index contributed by atoms with van der Waals surface area (Å²) in [6.07, 6.45) is 1.02. The predicted octanol–water partition coefficient (Wildman–Crippen LogP) is 1.93. The Labute approximate surface area is 115 Å². The topological polar surface area (TPSA) is 68.2 Å². The third-order valence-corrected chi connectivity index (χ3v) is 3.87. The van der Waals surface area contributed by atoms with Crippen LogP contribution in [-0.4, -0.2) is 34.2 Å². The smallest absolute Gasteiger partial charge is 0.232 e. The monoisotopic (exact) mass is 266 g/mol. The van der Waals surface area contributed by atoms with Gasteiger partial charge in [0.1, 0.15) is 0 Å². The summed E-state index contributed by atoms with van der Waals surface area (Å²) in [7, 11) is 0. The van der Waals surface area contributed by atoms with Crippen molar-refractivity contribution >= 4 is 0 Å². The quantitative estimate of drug-likeness (QED) is 0.885. The molecule has 2 N–H and O–H groups in total. The van der Waals surface area contributed by atoms with E-state index in [0.29, 0.717) is 5.89 Å². The van der Waals surface area contributed by atoms with Gasteiger partial charge in [-0.05, 0) is 11.8 Å².